The van der Waals surface area contributed by atoms with E-state index < -0.39 is 16.0 Å². The molecular weight excluding hydrogens is 282 g/mol. The lowest BCUT2D eigenvalue weighted by atomic mass is 10.2. The third kappa shape index (κ3) is 3.51. The number of aliphatic carboxylic acids is 1. The minimum atomic E-state index is -3.76. The fourth-order valence-corrected chi connectivity index (χ4v) is 2.50. The van der Waals surface area contributed by atoms with Gasteiger partial charge in [-0.05, 0) is 17.7 Å². The van der Waals surface area contributed by atoms with E-state index in [1.807, 2.05) is 0 Å². The molecule has 0 unspecified atom stereocenters. The van der Waals surface area contributed by atoms with Crippen molar-refractivity contribution in [1.82, 2.24) is 9.97 Å². The lowest BCUT2D eigenvalue weighted by Crippen LogP contribution is -2.14. The predicted molar refractivity (Wildman–Crippen MR) is 70.6 cm³/mol. The summed E-state index contributed by atoms with van der Waals surface area (Å²) in [5, 5.41) is 8.65. The Balaban J connectivity index is 2.19. The summed E-state index contributed by atoms with van der Waals surface area (Å²) >= 11 is 0. The average Bonchev–Trinajstić information content (AvgIpc) is 2.39. The summed E-state index contributed by atoms with van der Waals surface area (Å²) in [6, 6.07) is 5.60. The van der Waals surface area contributed by atoms with Gasteiger partial charge < -0.3 is 5.11 Å². The number of nitrogens with zero attached hydrogens (tertiary/aromatic N) is 2. The van der Waals surface area contributed by atoms with Gasteiger partial charge in [0, 0.05) is 12.4 Å². The van der Waals surface area contributed by atoms with Gasteiger partial charge in [-0.1, -0.05) is 12.1 Å². The van der Waals surface area contributed by atoms with Crippen molar-refractivity contribution < 1.29 is 18.3 Å². The fraction of sp³-hybridized carbons (Fsp3) is 0.0833. The third-order valence-corrected chi connectivity index (χ3v) is 3.76. The van der Waals surface area contributed by atoms with Crippen molar-refractivity contribution in [3.63, 3.8) is 0 Å². The molecule has 0 atom stereocenters. The van der Waals surface area contributed by atoms with Gasteiger partial charge in [-0.15, -0.1) is 0 Å². The van der Waals surface area contributed by atoms with E-state index in [1.165, 1.54) is 42.9 Å². The van der Waals surface area contributed by atoms with Crippen molar-refractivity contribution in [2.24, 2.45) is 0 Å². The molecule has 0 bridgehead atoms. The van der Waals surface area contributed by atoms with Crippen LogP contribution in [0.15, 0.2) is 47.8 Å². The van der Waals surface area contributed by atoms with Crippen molar-refractivity contribution in [2.75, 3.05) is 4.72 Å². The lowest BCUT2D eigenvalue weighted by molar-refractivity contribution is -0.136. The fourth-order valence-electron chi connectivity index (χ4n) is 1.51. The van der Waals surface area contributed by atoms with Crippen LogP contribution in [0, 0.1) is 0 Å². The number of rotatable bonds is 5. The molecule has 1 heterocycles. The highest BCUT2D eigenvalue weighted by Gasteiger charge is 2.14. The van der Waals surface area contributed by atoms with Gasteiger partial charge in [-0.3, -0.25) is 14.5 Å². The number of nitrogens with one attached hydrogen (secondary N) is 1. The summed E-state index contributed by atoms with van der Waals surface area (Å²) in [7, 11) is -3.76. The number of aromatic nitrogens is 2. The second kappa shape index (κ2) is 5.66. The van der Waals surface area contributed by atoms with Gasteiger partial charge in [0.2, 0.25) is 0 Å². The SMILES string of the molecule is O=C(O)Cc1ccc(S(=O)(=O)Nc2cnccn2)cc1. The summed E-state index contributed by atoms with van der Waals surface area (Å²) in [5.41, 5.74) is 0.524. The Hall–Kier alpha value is -2.48. The third-order valence-electron chi connectivity index (χ3n) is 2.39. The van der Waals surface area contributed by atoms with Crippen molar-refractivity contribution >= 4 is 21.8 Å². The zero-order valence-corrected chi connectivity index (χ0v) is 11.0. The summed E-state index contributed by atoms with van der Waals surface area (Å²) in [5.74, 6) is -0.861. The van der Waals surface area contributed by atoms with Crippen LogP contribution in [0.25, 0.3) is 0 Å². The first-order valence-electron chi connectivity index (χ1n) is 5.57. The molecule has 0 aliphatic carbocycles. The zero-order chi connectivity index (χ0) is 14.6. The van der Waals surface area contributed by atoms with Gasteiger partial charge in [0.25, 0.3) is 10.0 Å². The molecule has 0 aliphatic rings. The summed E-state index contributed by atoms with van der Waals surface area (Å²) in [6.07, 6.45) is 3.93. The van der Waals surface area contributed by atoms with E-state index in [4.69, 9.17) is 5.11 Å². The Bertz CT molecular complexity index is 699. The van der Waals surface area contributed by atoms with E-state index in [0.29, 0.717) is 5.56 Å². The minimum Gasteiger partial charge on any atom is -0.481 e. The molecule has 1 aromatic heterocycles. The summed E-state index contributed by atoms with van der Waals surface area (Å²) in [6.45, 7) is 0. The molecule has 2 aromatic rings. The number of hydrogen-bond acceptors (Lipinski definition) is 5. The number of sulfonamides is 1. The van der Waals surface area contributed by atoms with E-state index in [2.05, 4.69) is 14.7 Å². The topological polar surface area (TPSA) is 109 Å². The quantitative estimate of drug-likeness (QED) is 0.847. The first-order valence-corrected chi connectivity index (χ1v) is 7.05. The highest BCUT2D eigenvalue weighted by Crippen LogP contribution is 2.14. The molecule has 2 N–H and O–H groups in total. The van der Waals surface area contributed by atoms with Crippen LogP contribution in [0.5, 0.6) is 0 Å². The molecule has 1 aromatic carbocycles. The second-order valence-electron chi connectivity index (χ2n) is 3.91. The number of hydrogen-bond donors (Lipinski definition) is 2. The van der Waals surface area contributed by atoms with Gasteiger partial charge in [0.05, 0.1) is 17.5 Å². The van der Waals surface area contributed by atoms with Crippen LogP contribution in [0.4, 0.5) is 5.82 Å². The first kappa shape index (κ1) is 13.9. The van der Waals surface area contributed by atoms with Gasteiger partial charge >= 0.3 is 5.97 Å². The maximum Gasteiger partial charge on any atom is 0.307 e. The van der Waals surface area contributed by atoms with E-state index >= 15 is 0 Å². The number of carboxylic acids is 1. The van der Waals surface area contributed by atoms with Crippen molar-refractivity contribution in [1.29, 1.82) is 0 Å². The Morgan fingerprint density at radius 1 is 1.20 bits per heavy atom. The number of carboxylic acid groups (broad SMARTS) is 1. The molecule has 0 saturated heterocycles. The van der Waals surface area contributed by atoms with Crippen LogP contribution in [-0.4, -0.2) is 29.5 Å². The van der Waals surface area contributed by atoms with E-state index in [9.17, 15) is 13.2 Å². The molecule has 20 heavy (non-hydrogen) atoms. The average molecular weight is 293 g/mol. The normalized spacial score (nSPS) is 11.0. The van der Waals surface area contributed by atoms with Gasteiger partial charge in [0.15, 0.2) is 5.82 Å². The summed E-state index contributed by atoms with van der Waals surface area (Å²) in [4.78, 5) is 18.1. The van der Waals surface area contributed by atoms with E-state index in [-0.39, 0.29) is 17.1 Å². The van der Waals surface area contributed by atoms with Crippen molar-refractivity contribution in [3.8, 4) is 0 Å². The molecule has 8 heteroatoms. The Morgan fingerprint density at radius 3 is 2.45 bits per heavy atom. The molecule has 2 rings (SSSR count). The molecule has 0 fully saturated rings. The number of anilines is 1. The van der Waals surface area contributed by atoms with Gasteiger partial charge in [-0.25, -0.2) is 13.4 Å². The standard InChI is InChI=1S/C12H11N3O4S/c16-12(17)7-9-1-3-10(4-2-9)20(18,19)15-11-8-13-5-6-14-11/h1-6,8H,7H2,(H,14,15)(H,16,17). The van der Waals surface area contributed by atoms with Crippen LogP contribution < -0.4 is 4.72 Å². The zero-order valence-electron chi connectivity index (χ0n) is 10.2. The molecule has 104 valence electrons. The maximum absolute atomic E-state index is 12.0. The largest absolute Gasteiger partial charge is 0.481 e. The Morgan fingerprint density at radius 2 is 1.90 bits per heavy atom. The highest BCUT2D eigenvalue weighted by atomic mass is 32.2. The van der Waals surface area contributed by atoms with Crippen LogP contribution in [0.1, 0.15) is 5.56 Å². The van der Waals surface area contributed by atoms with Crippen LogP contribution in [0.2, 0.25) is 0 Å². The molecular formula is C12H11N3O4S. The highest BCUT2D eigenvalue weighted by molar-refractivity contribution is 7.92. The minimum absolute atomic E-state index is 0.0253. The van der Waals surface area contributed by atoms with Crippen LogP contribution in [-0.2, 0) is 21.2 Å². The van der Waals surface area contributed by atoms with Crippen molar-refractivity contribution in [2.45, 2.75) is 11.3 Å². The number of benzene rings is 1. The Labute approximate surface area is 115 Å². The lowest BCUT2D eigenvalue weighted by Gasteiger charge is -2.07. The molecule has 0 radical (unpaired) electrons. The first-order chi connectivity index (χ1) is 9.47. The van der Waals surface area contributed by atoms with Crippen LogP contribution >= 0.6 is 0 Å². The van der Waals surface area contributed by atoms with E-state index in [1.54, 1.807) is 0 Å². The molecule has 7 nitrogen and oxygen atoms in total. The molecule has 0 saturated carbocycles. The predicted octanol–water partition coefficient (Wildman–Crippen LogP) is 0.905. The summed E-state index contributed by atoms with van der Waals surface area (Å²) < 4.78 is 26.4. The van der Waals surface area contributed by atoms with Gasteiger partial charge in [-0.2, -0.15) is 0 Å². The maximum atomic E-state index is 12.0. The molecule has 0 aliphatic heterocycles. The molecule has 0 amide bonds. The smallest absolute Gasteiger partial charge is 0.307 e. The second-order valence-corrected chi connectivity index (χ2v) is 5.59. The van der Waals surface area contributed by atoms with Crippen LogP contribution in [0.3, 0.4) is 0 Å². The number of carbonyl (C=O) groups is 1. The van der Waals surface area contributed by atoms with Gasteiger partial charge in [0.1, 0.15) is 0 Å². The molecule has 0 spiro atoms. The van der Waals surface area contributed by atoms with E-state index in [0.717, 1.165) is 0 Å². The van der Waals surface area contributed by atoms with Crippen molar-refractivity contribution in [3.05, 3.63) is 48.4 Å². The monoisotopic (exact) mass is 293 g/mol. The Kier molecular flexibility index (Phi) is 3.94.